The van der Waals surface area contributed by atoms with Crippen molar-refractivity contribution < 1.29 is 17.6 Å². The van der Waals surface area contributed by atoms with Gasteiger partial charge in [-0.15, -0.1) is 0 Å². The molecule has 2 rings (SSSR count). The van der Waals surface area contributed by atoms with Crippen LogP contribution < -0.4 is 5.14 Å². The Hall–Kier alpha value is -1.47. The average molecular weight is 300 g/mol. The molecule has 7 heteroatoms. The third kappa shape index (κ3) is 2.99. The monoisotopic (exact) mass is 300 g/mol. The lowest BCUT2D eigenvalue weighted by Crippen LogP contribution is -2.35. The lowest BCUT2D eigenvalue weighted by molar-refractivity contribution is 0.0723. The molecule has 0 spiro atoms. The lowest BCUT2D eigenvalue weighted by atomic mass is 10.1. The minimum Gasteiger partial charge on any atom is -0.339 e. The van der Waals surface area contributed by atoms with Crippen LogP contribution >= 0.6 is 0 Å². The van der Waals surface area contributed by atoms with Crippen LogP contribution in [0.2, 0.25) is 0 Å². The normalized spacial score (nSPS) is 16.2. The molecule has 1 aliphatic rings. The zero-order valence-corrected chi connectivity index (χ0v) is 12.0. The van der Waals surface area contributed by atoms with Crippen molar-refractivity contribution in [1.29, 1.82) is 0 Å². The fourth-order valence-corrected chi connectivity index (χ4v) is 3.17. The molecular weight excluding hydrogens is 283 g/mol. The molecule has 1 saturated heterocycles. The first-order valence-electron chi connectivity index (χ1n) is 6.43. The van der Waals surface area contributed by atoms with Gasteiger partial charge in [-0.05, 0) is 38.3 Å². The topological polar surface area (TPSA) is 80.5 Å². The summed E-state index contributed by atoms with van der Waals surface area (Å²) in [4.78, 5) is 13.5. The molecule has 0 aliphatic carbocycles. The van der Waals surface area contributed by atoms with Crippen molar-refractivity contribution >= 4 is 15.9 Å². The Morgan fingerprint density at radius 1 is 1.25 bits per heavy atom. The van der Waals surface area contributed by atoms with Crippen molar-refractivity contribution in [2.45, 2.75) is 31.1 Å². The molecule has 1 aromatic rings. The van der Waals surface area contributed by atoms with Crippen LogP contribution in [0.15, 0.2) is 17.0 Å². The van der Waals surface area contributed by atoms with E-state index in [-0.39, 0.29) is 21.9 Å². The van der Waals surface area contributed by atoms with Crippen LogP contribution in [0.5, 0.6) is 0 Å². The molecule has 110 valence electrons. The first-order valence-corrected chi connectivity index (χ1v) is 7.97. The van der Waals surface area contributed by atoms with Gasteiger partial charge in [-0.25, -0.2) is 17.9 Å². The first-order chi connectivity index (χ1) is 9.30. The first kappa shape index (κ1) is 14.9. The Morgan fingerprint density at radius 3 is 2.40 bits per heavy atom. The number of carbonyl (C=O) groups is 1. The van der Waals surface area contributed by atoms with Crippen LogP contribution in [0, 0.1) is 12.7 Å². The zero-order chi connectivity index (χ0) is 14.9. The van der Waals surface area contributed by atoms with E-state index in [2.05, 4.69) is 0 Å². The van der Waals surface area contributed by atoms with Crippen LogP contribution in [0.4, 0.5) is 4.39 Å². The number of nitrogens with two attached hydrogens (primary N) is 1. The molecule has 1 aromatic carbocycles. The maximum Gasteiger partial charge on any atom is 0.254 e. The van der Waals surface area contributed by atoms with E-state index in [0.717, 1.165) is 31.4 Å². The number of hydrogen-bond donors (Lipinski definition) is 1. The molecule has 0 bridgehead atoms. The molecule has 1 aliphatic heterocycles. The summed E-state index contributed by atoms with van der Waals surface area (Å²) in [5.41, 5.74) is -0.0401. The second-order valence-corrected chi connectivity index (χ2v) is 6.51. The quantitative estimate of drug-likeness (QED) is 0.896. The van der Waals surface area contributed by atoms with Crippen molar-refractivity contribution in [3.8, 4) is 0 Å². The van der Waals surface area contributed by atoms with Crippen LogP contribution in [0.1, 0.15) is 35.2 Å². The molecule has 0 saturated carbocycles. The molecule has 1 fully saturated rings. The van der Waals surface area contributed by atoms with E-state index in [4.69, 9.17) is 5.14 Å². The van der Waals surface area contributed by atoms with Gasteiger partial charge in [0.2, 0.25) is 10.0 Å². The number of amides is 1. The summed E-state index contributed by atoms with van der Waals surface area (Å²) >= 11 is 0. The van der Waals surface area contributed by atoms with E-state index < -0.39 is 15.8 Å². The van der Waals surface area contributed by atoms with Gasteiger partial charge in [0.1, 0.15) is 5.82 Å². The van der Waals surface area contributed by atoms with Crippen LogP contribution in [-0.4, -0.2) is 32.3 Å². The van der Waals surface area contributed by atoms with Gasteiger partial charge in [-0.1, -0.05) is 0 Å². The van der Waals surface area contributed by atoms with E-state index in [9.17, 15) is 17.6 Å². The predicted molar refractivity (Wildman–Crippen MR) is 72.3 cm³/mol. The second kappa shape index (κ2) is 5.49. The van der Waals surface area contributed by atoms with Gasteiger partial charge >= 0.3 is 0 Å². The van der Waals surface area contributed by atoms with E-state index in [1.54, 1.807) is 4.90 Å². The fourth-order valence-electron chi connectivity index (χ4n) is 2.35. The van der Waals surface area contributed by atoms with E-state index in [0.29, 0.717) is 13.1 Å². The minimum atomic E-state index is -4.05. The molecule has 0 atom stereocenters. The molecule has 20 heavy (non-hydrogen) atoms. The highest BCUT2D eigenvalue weighted by atomic mass is 32.2. The molecule has 2 N–H and O–H groups in total. The third-order valence-electron chi connectivity index (χ3n) is 3.49. The van der Waals surface area contributed by atoms with Crippen molar-refractivity contribution in [3.05, 3.63) is 29.1 Å². The van der Waals surface area contributed by atoms with Crippen molar-refractivity contribution in [1.82, 2.24) is 4.90 Å². The fraction of sp³-hybridized carbons (Fsp3) is 0.462. The van der Waals surface area contributed by atoms with Gasteiger partial charge in [0, 0.05) is 24.2 Å². The minimum absolute atomic E-state index is 0.0269. The number of rotatable bonds is 2. The summed E-state index contributed by atoms with van der Waals surface area (Å²) in [5.74, 6) is -1.09. The van der Waals surface area contributed by atoms with E-state index in [1.807, 2.05) is 0 Å². The molecule has 5 nitrogen and oxygen atoms in total. The summed E-state index contributed by atoms with van der Waals surface area (Å²) in [6.07, 6.45) is 2.87. The summed E-state index contributed by atoms with van der Waals surface area (Å²) in [5, 5.41) is 5.05. The molecule has 0 aromatic heterocycles. The number of hydrogen-bond acceptors (Lipinski definition) is 3. The maximum atomic E-state index is 13.8. The molecule has 0 unspecified atom stereocenters. The predicted octanol–water partition coefficient (Wildman–Crippen LogP) is 1.41. The number of likely N-dealkylation sites (tertiary alicyclic amines) is 1. The van der Waals surface area contributed by atoms with Crippen LogP contribution in [-0.2, 0) is 10.0 Å². The van der Waals surface area contributed by atoms with Crippen LogP contribution in [0.3, 0.4) is 0 Å². The van der Waals surface area contributed by atoms with Crippen molar-refractivity contribution in [3.63, 3.8) is 0 Å². The standard InChI is InChI=1S/C13H17FN2O3S/c1-9-11(14)7-10(8-12(9)20(15,18)19)13(17)16-5-3-2-4-6-16/h7-8H,2-6H2,1H3,(H2,15,18,19). The van der Waals surface area contributed by atoms with Crippen molar-refractivity contribution in [2.75, 3.05) is 13.1 Å². The number of primary sulfonamides is 1. The zero-order valence-electron chi connectivity index (χ0n) is 11.2. The lowest BCUT2D eigenvalue weighted by Gasteiger charge is -2.27. The number of carbonyl (C=O) groups excluding carboxylic acids is 1. The largest absolute Gasteiger partial charge is 0.339 e. The Balaban J connectivity index is 2.42. The summed E-state index contributed by atoms with van der Waals surface area (Å²) in [7, 11) is -4.05. The third-order valence-corrected chi connectivity index (χ3v) is 4.53. The van der Waals surface area contributed by atoms with Gasteiger partial charge in [0.25, 0.3) is 5.91 Å². The van der Waals surface area contributed by atoms with Crippen molar-refractivity contribution in [2.24, 2.45) is 5.14 Å². The van der Waals surface area contributed by atoms with E-state index in [1.165, 1.54) is 6.92 Å². The molecule has 0 radical (unpaired) electrons. The number of sulfonamides is 1. The Bertz CT molecular complexity index is 637. The highest BCUT2D eigenvalue weighted by molar-refractivity contribution is 7.89. The van der Waals surface area contributed by atoms with Gasteiger partial charge < -0.3 is 4.90 Å². The highest BCUT2D eigenvalue weighted by Gasteiger charge is 2.23. The average Bonchev–Trinajstić information content (AvgIpc) is 2.40. The van der Waals surface area contributed by atoms with Gasteiger partial charge in [-0.2, -0.15) is 0 Å². The Kier molecular flexibility index (Phi) is 4.10. The summed E-state index contributed by atoms with van der Waals surface area (Å²) < 4.78 is 36.7. The number of piperidine rings is 1. The Labute approximate surface area is 117 Å². The van der Waals surface area contributed by atoms with Crippen LogP contribution in [0.25, 0.3) is 0 Å². The van der Waals surface area contributed by atoms with Gasteiger partial charge in [0.05, 0.1) is 4.90 Å². The molecule has 1 amide bonds. The number of nitrogens with zero attached hydrogens (tertiary/aromatic N) is 1. The number of benzene rings is 1. The highest BCUT2D eigenvalue weighted by Crippen LogP contribution is 2.21. The Morgan fingerprint density at radius 2 is 1.85 bits per heavy atom. The summed E-state index contributed by atoms with van der Waals surface area (Å²) in [6.45, 7) is 2.54. The number of halogens is 1. The molecular formula is C13H17FN2O3S. The van der Waals surface area contributed by atoms with Gasteiger partial charge in [0.15, 0.2) is 0 Å². The summed E-state index contributed by atoms with van der Waals surface area (Å²) in [6, 6.07) is 2.23. The van der Waals surface area contributed by atoms with E-state index >= 15 is 0 Å². The smallest absolute Gasteiger partial charge is 0.254 e. The maximum absolute atomic E-state index is 13.8. The van der Waals surface area contributed by atoms with Gasteiger partial charge in [-0.3, -0.25) is 4.79 Å². The SMILES string of the molecule is Cc1c(F)cc(C(=O)N2CCCCC2)cc1S(N)(=O)=O. The molecule has 1 heterocycles. The second-order valence-electron chi connectivity index (χ2n) is 4.98.